The van der Waals surface area contributed by atoms with E-state index in [1.54, 1.807) is 30.2 Å². The molecule has 0 bridgehead atoms. The predicted octanol–water partition coefficient (Wildman–Crippen LogP) is 4.09. The molecule has 7 nitrogen and oxygen atoms in total. The Labute approximate surface area is 188 Å². The van der Waals surface area contributed by atoms with Gasteiger partial charge in [0.1, 0.15) is 5.75 Å². The number of amides is 3. The second kappa shape index (κ2) is 10.4. The number of rotatable bonds is 6. The van der Waals surface area contributed by atoms with Crippen LogP contribution in [0.3, 0.4) is 0 Å². The number of ether oxygens (including phenoxy) is 1. The van der Waals surface area contributed by atoms with Crippen LogP contribution in [0.1, 0.15) is 24.2 Å². The van der Waals surface area contributed by atoms with E-state index in [1.807, 2.05) is 38.1 Å². The maximum atomic E-state index is 12.7. The molecule has 2 N–H and O–H groups in total. The molecule has 3 rings (SSSR count). The number of anilines is 2. The van der Waals surface area contributed by atoms with Crippen LogP contribution in [-0.2, 0) is 0 Å². The van der Waals surface area contributed by atoms with Gasteiger partial charge < -0.3 is 25.2 Å². The van der Waals surface area contributed by atoms with E-state index in [1.165, 1.54) is 0 Å². The molecule has 1 aliphatic heterocycles. The lowest BCUT2D eigenvalue weighted by Gasteiger charge is -2.36. The second-order valence-electron chi connectivity index (χ2n) is 7.87. The fourth-order valence-corrected chi connectivity index (χ4v) is 3.68. The molecule has 31 heavy (non-hydrogen) atoms. The number of nitrogens with zero attached hydrogens (tertiary/aromatic N) is 2. The van der Waals surface area contributed by atoms with Gasteiger partial charge in [-0.25, -0.2) is 4.79 Å². The Morgan fingerprint density at radius 3 is 2.45 bits per heavy atom. The van der Waals surface area contributed by atoms with Crippen LogP contribution >= 0.6 is 11.6 Å². The van der Waals surface area contributed by atoms with Crippen LogP contribution in [0.2, 0.25) is 5.02 Å². The van der Waals surface area contributed by atoms with Gasteiger partial charge in [0.15, 0.2) is 0 Å². The number of nitrogens with one attached hydrogen (secondary N) is 2. The fraction of sp³-hybridized carbons (Fsp3) is 0.391. The molecule has 1 heterocycles. The molecule has 1 aliphatic rings. The van der Waals surface area contributed by atoms with Crippen molar-refractivity contribution in [3.63, 3.8) is 0 Å². The van der Waals surface area contributed by atoms with Crippen LogP contribution in [0.15, 0.2) is 42.5 Å². The minimum atomic E-state index is -0.218. The molecule has 8 heteroatoms. The van der Waals surface area contributed by atoms with Crippen molar-refractivity contribution in [2.45, 2.75) is 13.8 Å². The van der Waals surface area contributed by atoms with Gasteiger partial charge in [-0.15, -0.1) is 0 Å². The van der Waals surface area contributed by atoms with E-state index < -0.39 is 0 Å². The highest BCUT2D eigenvalue weighted by atomic mass is 35.5. The first-order valence-corrected chi connectivity index (χ1v) is 10.8. The zero-order valence-electron chi connectivity index (χ0n) is 18.2. The third kappa shape index (κ3) is 5.82. The van der Waals surface area contributed by atoms with Gasteiger partial charge in [-0.1, -0.05) is 37.6 Å². The first kappa shape index (κ1) is 22.7. The Balaban J connectivity index is 1.56. The van der Waals surface area contributed by atoms with Gasteiger partial charge in [0.2, 0.25) is 0 Å². The molecule has 2 aromatic carbocycles. The Morgan fingerprint density at radius 2 is 1.81 bits per heavy atom. The lowest BCUT2D eigenvalue weighted by molar-refractivity contribution is 0.0949. The summed E-state index contributed by atoms with van der Waals surface area (Å²) < 4.78 is 5.44. The number of para-hydroxylation sites is 2. The summed E-state index contributed by atoms with van der Waals surface area (Å²) in [5, 5.41) is 6.02. The molecule has 166 valence electrons. The summed E-state index contributed by atoms with van der Waals surface area (Å²) in [4.78, 5) is 28.9. The standard InChI is InChI=1S/C23H29ClN4O3/c1-16(2)15-25-22(29)18-9-8-17(14-19(18)24)26-23(30)28-12-10-27(11-13-28)20-6-4-5-7-21(20)31-3/h4-9,14,16H,10-13,15H2,1-3H3,(H,25,29)(H,26,30). The van der Waals surface area contributed by atoms with Crippen molar-refractivity contribution in [3.05, 3.63) is 53.1 Å². The van der Waals surface area contributed by atoms with Crippen LogP contribution in [-0.4, -0.2) is 56.7 Å². The summed E-state index contributed by atoms with van der Waals surface area (Å²) in [6.07, 6.45) is 0. The Hall–Kier alpha value is -2.93. The van der Waals surface area contributed by atoms with E-state index in [-0.39, 0.29) is 11.9 Å². The van der Waals surface area contributed by atoms with Gasteiger partial charge in [0.25, 0.3) is 5.91 Å². The minimum Gasteiger partial charge on any atom is -0.495 e. The number of carbonyl (C=O) groups is 2. The van der Waals surface area contributed by atoms with Crippen LogP contribution in [0.5, 0.6) is 5.75 Å². The molecule has 2 aromatic rings. The van der Waals surface area contributed by atoms with Gasteiger partial charge in [0, 0.05) is 38.4 Å². The molecule has 0 aliphatic carbocycles. The zero-order chi connectivity index (χ0) is 22.4. The maximum absolute atomic E-state index is 12.7. The summed E-state index contributed by atoms with van der Waals surface area (Å²) >= 11 is 6.28. The van der Waals surface area contributed by atoms with Crippen molar-refractivity contribution in [3.8, 4) is 5.75 Å². The molecular formula is C23H29ClN4O3. The van der Waals surface area contributed by atoms with Crippen LogP contribution in [0, 0.1) is 5.92 Å². The van der Waals surface area contributed by atoms with E-state index in [2.05, 4.69) is 15.5 Å². The molecule has 1 saturated heterocycles. The summed E-state index contributed by atoms with van der Waals surface area (Å²) in [7, 11) is 1.66. The molecule has 0 spiro atoms. The molecule has 1 fully saturated rings. The number of benzene rings is 2. The summed E-state index contributed by atoms with van der Waals surface area (Å²) in [6, 6.07) is 12.6. The highest BCUT2D eigenvalue weighted by Crippen LogP contribution is 2.28. The quantitative estimate of drug-likeness (QED) is 0.703. The smallest absolute Gasteiger partial charge is 0.321 e. The average molecular weight is 445 g/mol. The molecule has 0 aromatic heterocycles. The highest BCUT2D eigenvalue weighted by molar-refractivity contribution is 6.34. The predicted molar refractivity (Wildman–Crippen MR) is 124 cm³/mol. The summed E-state index contributed by atoms with van der Waals surface area (Å²) in [5.41, 5.74) is 1.98. The summed E-state index contributed by atoms with van der Waals surface area (Å²) in [6.45, 7) is 7.23. The third-order valence-corrected chi connectivity index (χ3v) is 5.44. The van der Waals surface area contributed by atoms with Crippen LogP contribution < -0.4 is 20.3 Å². The fourth-order valence-electron chi connectivity index (χ4n) is 3.41. The maximum Gasteiger partial charge on any atom is 0.321 e. The van der Waals surface area contributed by atoms with Crippen molar-refractivity contribution in [2.75, 3.05) is 50.1 Å². The Morgan fingerprint density at radius 1 is 1.10 bits per heavy atom. The normalized spacial score (nSPS) is 13.8. The Kier molecular flexibility index (Phi) is 7.63. The topological polar surface area (TPSA) is 73.9 Å². The largest absolute Gasteiger partial charge is 0.495 e. The van der Waals surface area contributed by atoms with Crippen LogP contribution in [0.25, 0.3) is 0 Å². The second-order valence-corrected chi connectivity index (χ2v) is 8.28. The van der Waals surface area contributed by atoms with Crippen molar-refractivity contribution < 1.29 is 14.3 Å². The van der Waals surface area contributed by atoms with Gasteiger partial charge >= 0.3 is 6.03 Å². The lowest BCUT2D eigenvalue weighted by Crippen LogP contribution is -2.50. The minimum absolute atomic E-state index is 0.187. The number of halogens is 1. The van der Waals surface area contributed by atoms with Crippen molar-refractivity contribution >= 4 is 34.9 Å². The van der Waals surface area contributed by atoms with Gasteiger partial charge in [-0.05, 0) is 36.2 Å². The molecule has 0 unspecified atom stereocenters. The van der Waals surface area contributed by atoms with Gasteiger partial charge in [-0.2, -0.15) is 0 Å². The van der Waals surface area contributed by atoms with E-state index in [0.29, 0.717) is 54.9 Å². The van der Waals surface area contributed by atoms with E-state index in [9.17, 15) is 9.59 Å². The van der Waals surface area contributed by atoms with Gasteiger partial charge in [0.05, 0.1) is 23.4 Å². The first-order chi connectivity index (χ1) is 14.9. The van der Waals surface area contributed by atoms with Crippen molar-refractivity contribution in [1.29, 1.82) is 0 Å². The number of carbonyl (C=O) groups excluding carboxylic acids is 2. The molecule has 0 saturated carbocycles. The van der Waals surface area contributed by atoms with Crippen molar-refractivity contribution in [1.82, 2.24) is 10.2 Å². The molecular weight excluding hydrogens is 416 g/mol. The highest BCUT2D eigenvalue weighted by Gasteiger charge is 2.23. The number of urea groups is 1. The van der Waals surface area contributed by atoms with Gasteiger partial charge in [-0.3, -0.25) is 4.79 Å². The van der Waals surface area contributed by atoms with E-state index in [0.717, 1.165) is 11.4 Å². The number of hydrogen-bond acceptors (Lipinski definition) is 4. The average Bonchev–Trinajstić information content (AvgIpc) is 2.77. The number of piperazine rings is 1. The molecule has 0 atom stereocenters. The van der Waals surface area contributed by atoms with Crippen LogP contribution in [0.4, 0.5) is 16.2 Å². The third-order valence-electron chi connectivity index (χ3n) is 5.13. The first-order valence-electron chi connectivity index (χ1n) is 10.4. The lowest BCUT2D eigenvalue weighted by atomic mass is 10.1. The molecule has 3 amide bonds. The number of hydrogen-bond donors (Lipinski definition) is 2. The Bertz CT molecular complexity index is 927. The SMILES string of the molecule is COc1ccccc1N1CCN(C(=O)Nc2ccc(C(=O)NCC(C)C)c(Cl)c2)CC1. The zero-order valence-corrected chi connectivity index (χ0v) is 18.9. The van der Waals surface area contributed by atoms with Crippen molar-refractivity contribution in [2.24, 2.45) is 5.92 Å². The monoisotopic (exact) mass is 444 g/mol. The number of methoxy groups -OCH3 is 1. The van der Waals surface area contributed by atoms with E-state index in [4.69, 9.17) is 16.3 Å². The van der Waals surface area contributed by atoms with E-state index >= 15 is 0 Å². The molecule has 0 radical (unpaired) electrons. The summed E-state index contributed by atoms with van der Waals surface area (Å²) in [5.74, 6) is 0.960.